The molecule has 2 amide bonds. The van der Waals surface area contributed by atoms with Crippen LogP contribution in [0.5, 0.6) is 0 Å². The van der Waals surface area contributed by atoms with E-state index in [1.807, 2.05) is 18.7 Å². The summed E-state index contributed by atoms with van der Waals surface area (Å²) in [5.74, 6) is 0.121. The summed E-state index contributed by atoms with van der Waals surface area (Å²) in [7, 11) is 3.32. The molecule has 0 unspecified atom stereocenters. The van der Waals surface area contributed by atoms with Gasteiger partial charge in [-0.2, -0.15) is 0 Å². The number of likely N-dealkylation sites (tertiary alicyclic amines) is 2. The Labute approximate surface area is 133 Å². The number of carbonyl (C=O) groups excluding carboxylic acids is 2. The van der Waals surface area contributed by atoms with Crippen LogP contribution in [0.3, 0.4) is 0 Å². The highest BCUT2D eigenvalue weighted by Crippen LogP contribution is 2.30. The van der Waals surface area contributed by atoms with Crippen molar-refractivity contribution in [3.05, 3.63) is 0 Å². The van der Waals surface area contributed by atoms with Gasteiger partial charge in [0.05, 0.1) is 24.2 Å². The van der Waals surface area contributed by atoms with Crippen LogP contribution in [0.1, 0.15) is 39.5 Å². The van der Waals surface area contributed by atoms with Gasteiger partial charge in [0.25, 0.3) is 0 Å². The number of methoxy groups -OCH3 is 1. The first-order valence-electron chi connectivity index (χ1n) is 8.21. The Bertz CT molecular complexity index is 425. The topological polar surface area (TPSA) is 61.9 Å². The van der Waals surface area contributed by atoms with Crippen molar-refractivity contribution >= 4 is 11.8 Å². The molecule has 0 aromatic carbocycles. The number of hydrogen-bond donors (Lipinski definition) is 1. The van der Waals surface area contributed by atoms with Crippen molar-refractivity contribution in [3.63, 3.8) is 0 Å². The van der Waals surface area contributed by atoms with Crippen molar-refractivity contribution < 1.29 is 14.3 Å². The molecule has 6 heteroatoms. The fourth-order valence-electron chi connectivity index (χ4n) is 3.81. The zero-order valence-corrected chi connectivity index (χ0v) is 14.2. The molecule has 126 valence electrons. The molecule has 0 saturated carbocycles. The van der Waals surface area contributed by atoms with Gasteiger partial charge in [0, 0.05) is 27.2 Å². The van der Waals surface area contributed by atoms with Crippen LogP contribution in [0, 0.1) is 0 Å². The van der Waals surface area contributed by atoms with E-state index in [1.54, 1.807) is 14.2 Å². The fourth-order valence-corrected chi connectivity index (χ4v) is 3.81. The van der Waals surface area contributed by atoms with E-state index >= 15 is 0 Å². The molecule has 1 N–H and O–H groups in total. The molecule has 0 bridgehead atoms. The molecular weight excluding hydrogens is 282 g/mol. The zero-order chi connectivity index (χ0) is 16.3. The van der Waals surface area contributed by atoms with E-state index in [2.05, 4.69) is 10.2 Å². The number of carbonyl (C=O) groups is 2. The molecular formula is C16H29N3O3. The molecule has 22 heavy (non-hydrogen) atoms. The minimum absolute atomic E-state index is 0.0398. The van der Waals surface area contributed by atoms with Crippen LogP contribution in [-0.4, -0.2) is 73.1 Å². The molecule has 2 saturated heterocycles. The molecule has 2 heterocycles. The lowest BCUT2D eigenvalue weighted by Gasteiger charge is -2.39. The third kappa shape index (κ3) is 3.13. The second-order valence-electron chi connectivity index (χ2n) is 6.77. The van der Waals surface area contributed by atoms with Gasteiger partial charge in [0.2, 0.25) is 11.8 Å². The number of hydrogen-bond acceptors (Lipinski definition) is 4. The molecule has 2 fully saturated rings. The Hall–Kier alpha value is -1.14. The molecule has 0 spiro atoms. The highest BCUT2D eigenvalue weighted by Gasteiger charge is 2.46. The lowest BCUT2D eigenvalue weighted by atomic mass is 9.99. The molecule has 0 aromatic rings. The van der Waals surface area contributed by atoms with Crippen molar-refractivity contribution in [2.75, 3.05) is 33.9 Å². The minimum Gasteiger partial charge on any atom is -0.383 e. The third-order valence-electron chi connectivity index (χ3n) is 5.06. The summed E-state index contributed by atoms with van der Waals surface area (Å²) in [4.78, 5) is 29.2. The molecule has 0 radical (unpaired) electrons. The Morgan fingerprint density at radius 2 is 1.91 bits per heavy atom. The number of nitrogens with one attached hydrogen (secondary N) is 1. The smallest absolute Gasteiger partial charge is 0.240 e. The Morgan fingerprint density at radius 3 is 2.55 bits per heavy atom. The lowest BCUT2D eigenvalue weighted by molar-refractivity contribution is -0.143. The molecule has 2 rings (SSSR count). The highest BCUT2D eigenvalue weighted by atomic mass is 16.5. The van der Waals surface area contributed by atoms with E-state index in [-0.39, 0.29) is 23.9 Å². The number of amides is 2. The molecule has 0 aromatic heterocycles. The summed E-state index contributed by atoms with van der Waals surface area (Å²) in [5, 5.41) is 2.71. The maximum absolute atomic E-state index is 13.0. The van der Waals surface area contributed by atoms with Gasteiger partial charge in [0.15, 0.2) is 0 Å². The zero-order valence-electron chi connectivity index (χ0n) is 14.2. The average molecular weight is 311 g/mol. The van der Waals surface area contributed by atoms with Crippen LogP contribution in [0.25, 0.3) is 0 Å². The maximum Gasteiger partial charge on any atom is 0.240 e. The van der Waals surface area contributed by atoms with E-state index in [9.17, 15) is 9.59 Å². The van der Waals surface area contributed by atoms with Crippen molar-refractivity contribution in [2.24, 2.45) is 0 Å². The Balaban J connectivity index is 2.13. The van der Waals surface area contributed by atoms with Crippen LogP contribution in [0.15, 0.2) is 0 Å². The van der Waals surface area contributed by atoms with Gasteiger partial charge < -0.3 is 15.0 Å². The molecule has 2 atom stereocenters. The lowest BCUT2D eigenvalue weighted by Crippen LogP contribution is -2.59. The summed E-state index contributed by atoms with van der Waals surface area (Å²) in [6, 6.07) is -0.00665. The van der Waals surface area contributed by atoms with Gasteiger partial charge in [0.1, 0.15) is 0 Å². The number of rotatable bonds is 5. The van der Waals surface area contributed by atoms with E-state index in [1.165, 1.54) is 0 Å². The number of ether oxygens (including phenoxy) is 1. The maximum atomic E-state index is 13.0. The Kier molecular flexibility index (Phi) is 5.45. The SMILES string of the molecule is CNC(=O)C(C)(C)N1CCC[C@H]1C(=O)N1CCC[C@@H]1COC. The van der Waals surface area contributed by atoms with Crippen LogP contribution >= 0.6 is 0 Å². The van der Waals surface area contributed by atoms with Gasteiger partial charge in [-0.15, -0.1) is 0 Å². The van der Waals surface area contributed by atoms with Crippen LogP contribution < -0.4 is 5.32 Å². The van der Waals surface area contributed by atoms with Crippen molar-refractivity contribution in [2.45, 2.75) is 57.2 Å². The fraction of sp³-hybridized carbons (Fsp3) is 0.875. The van der Waals surface area contributed by atoms with Gasteiger partial charge >= 0.3 is 0 Å². The quantitative estimate of drug-likeness (QED) is 0.808. The van der Waals surface area contributed by atoms with Crippen molar-refractivity contribution in [1.82, 2.24) is 15.1 Å². The number of nitrogens with zero attached hydrogens (tertiary/aromatic N) is 2. The highest BCUT2D eigenvalue weighted by molar-refractivity contribution is 5.88. The van der Waals surface area contributed by atoms with Gasteiger partial charge in [-0.1, -0.05) is 0 Å². The van der Waals surface area contributed by atoms with E-state index in [0.29, 0.717) is 6.61 Å². The molecule has 2 aliphatic heterocycles. The van der Waals surface area contributed by atoms with Gasteiger partial charge in [-0.25, -0.2) is 0 Å². The summed E-state index contributed by atoms with van der Waals surface area (Å²) in [6.07, 6.45) is 3.82. The largest absolute Gasteiger partial charge is 0.383 e. The normalized spacial score (nSPS) is 26.5. The minimum atomic E-state index is -0.665. The van der Waals surface area contributed by atoms with E-state index in [0.717, 1.165) is 38.8 Å². The monoisotopic (exact) mass is 311 g/mol. The van der Waals surface area contributed by atoms with Crippen LogP contribution in [0.2, 0.25) is 0 Å². The standard InChI is InChI=1S/C16H29N3O3/c1-16(2,15(21)17-3)19-10-6-8-13(19)14(20)18-9-5-7-12(18)11-22-4/h12-13H,5-11H2,1-4H3,(H,17,21)/t12-,13+/m1/s1. The third-order valence-corrected chi connectivity index (χ3v) is 5.06. The number of likely N-dealkylation sites (N-methyl/N-ethyl adjacent to an activating group) is 1. The molecule has 2 aliphatic rings. The predicted octanol–water partition coefficient (Wildman–Crippen LogP) is 0.613. The van der Waals surface area contributed by atoms with Gasteiger partial charge in [-0.3, -0.25) is 14.5 Å². The second kappa shape index (κ2) is 6.96. The second-order valence-corrected chi connectivity index (χ2v) is 6.77. The summed E-state index contributed by atoms with van der Waals surface area (Å²) in [5.41, 5.74) is -0.665. The molecule has 0 aliphatic carbocycles. The van der Waals surface area contributed by atoms with E-state index in [4.69, 9.17) is 4.74 Å². The molecule has 6 nitrogen and oxygen atoms in total. The Morgan fingerprint density at radius 1 is 1.23 bits per heavy atom. The first-order chi connectivity index (χ1) is 10.4. The predicted molar refractivity (Wildman–Crippen MR) is 84.5 cm³/mol. The van der Waals surface area contributed by atoms with E-state index < -0.39 is 5.54 Å². The van der Waals surface area contributed by atoms with Crippen molar-refractivity contribution in [1.29, 1.82) is 0 Å². The first-order valence-corrected chi connectivity index (χ1v) is 8.21. The summed E-state index contributed by atoms with van der Waals surface area (Å²) >= 11 is 0. The van der Waals surface area contributed by atoms with Crippen molar-refractivity contribution in [3.8, 4) is 0 Å². The van der Waals surface area contributed by atoms with Crippen LogP contribution in [0.4, 0.5) is 0 Å². The average Bonchev–Trinajstić information content (AvgIpc) is 3.15. The summed E-state index contributed by atoms with van der Waals surface area (Å²) in [6.45, 7) is 5.98. The van der Waals surface area contributed by atoms with Crippen LogP contribution in [-0.2, 0) is 14.3 Å². The van der Waals surface area contributed by atoms with Gasteiger partial charge in [-0.05, 0) is 39.5 Å². The summed E-state index contributed by atoms with van der Waals surface area (Å²) < 4.78 is 5.25. The first kappa shape index (κ1) is 17.2.